The standard InChI is InChI=1S/C12H16ClN5O/c13-9-10(15-6-5-14-9)16-17-11(19)18-7-1-2-12(8-18)3-4-12/h5-6H,1-4,7-8H2,(H,15,16)(H,17,19). The molecule has 2 N–H and O–H groups in total. The summed E-state index contributed by atoms with van der Waals surface area (Å²) in [6, 6.07) is -0.132. The molecule has 2 aliphatic rings. The van der Waals surface area contributed by atoms with Gasteiger partial charge in [-0.1, -0.05) is 11.6 Å². The van der Waals surface area contributed by atoms with E-state index in [2.05, 4.69) is 20.8 Å². The van der Waals surface area contributed by atoms with Gasteiger partial charge in [0.15, 0.2) is 11.0 Å². The lowest BCUT2D eigenvalue weighted by Crippen LogP contribution is -2.47. The molecule has 1 spiro atoms. The van der Waals surface area contributed by atoms with E-state index in [1.807, 2.05) is 4.90 Å². The Morgan fingerprint density at radius 3 is 2.84 bits per heavy atom. The van der Waals surface area contributed by atoms with Gasteiger partial charge in [0.05, 0.1) is 0 Å². The predicted octanol–water partition coefficient (Wildman–Crippen LogP) is 2.04. The molecule has 2 amide bonds. The minimum atomic E-state index is -0.132. The number of amides is 2. The molecule has 0 radical (unpaired) electrons. The van der Waals surface area contributed by atoms with E-state index in [-0.39, 0.29) is 11.2 Å². The van der Waals surface area contributed by atoms with Gasteiger partial charge < -0.3 is 4.90 Å². The number of rotatable bonds is 2. The Hall–Kier alpha value is -1.56. The zero-order chi connectivity index (χ0) is 13.3. The third-order valence-corrected chi connectivity index (χ3v) is 4.12. The quantitative estimate of drug-likeness (QED) is 0.814. The molecule has 0 aromatic carbocycles. The number of hydrazine groups is 1. The number of likely N-dealkylation sites (tertiary alicyclic amines) is 1. The third-order valence-electron chi connectivity index (χ3n) is 3.85. The van der Waals surface area contributed by atoms with Crippen molar-refractivity contribution in [3.05, 3.63) is 17.5 Å². The van der Waals surface area contributed by atoms with Crippen molar-refractivity contribution in [3.63, 3.8) is 0 Å². The number of nitrogens with zero attached hydrogens (tertiary/aromatic N) is 3. The average Bonchev–Trinajstić information content (AvgIpc) is 3.16. The molecule has 6 nitrogen and oxygen atoms in total. The van der Waals surface area contributed by atoms with Crippen LogP contribution in [-0.2, 0) is 0 Å². The molecule has 0 atom stereocenters. The fourth-order valence-electron chi connectivity index (χ4n) is 2.56. The number of nitrogens with one attached hydrogen (secondary N) is 2. The number of halogens is 1. The SMILES string of the molecule is O=C(NNc1nccnc1Cl)N1CCCC2(CC2)C1. The Balaban J connectivity index is 1.55. The molecular formula is C12H16ClN5O. The Morgan fingerprint density at radius 1 is 1.32 bits per heavy atom. The molecule has 3 rings (SSSR count). The molecule has 2 heterocycles. The Bertz CT molecular complexity index is 491. The van der Waals surface area contributed by atoms with E-state index in [1.165, 1.54) is 31.7 Å². The highest BCUT2D eigenvalue weighted by Crippen LogP contribution is 2.51. The molecule has 1 aromatic rings. The number of hydrogen-bond donors (Lipinski definition) is 2. The molecule has 0 unspecified atom stereocenters. The maximum absolute atomic E-state index is 12.1. The molecule has 19 heavy (non-hydrogen) atoms. The maximum Gasteiger partial charge on any atom is 0.336 e. The Morgan fingerprint density at radius 2 is 2.11 bits per heavy atom. The van der Waals surface area contributed by atoms with Crippen LogP contribution in [0.4, 0.5) is 10.6 Å². The van der Waals surface area contributed by atoms with Crippen molar-refractivity contribution >= 4 is 23.4 Å². The van der Waals surface area contributed by atoms with E-state index in [9.17, 15) is 4.79 Å². The van der Waals surface area contributed by atoms with Crippen molar-refractivity contribution in [1.29, 1.82) is 0 Å². The van der Waals surface area contributed by atoms with Gasteiger partial charge in [-0.15, -0.1) is 0 Å². The maximum atomic E-state index is 12.1. The molecule has 2 fully saturated rings. The number of piperidine rings is 1. The topological polar surface area (TPSA) is 70.1 Å². The molecule has 1 aliphatic carbocycles. The molecule has 1 saturated carbocycles. The van der Waals surface area contributed by atoms with Crippen LogP contribution >= 0.6 is 11.6 Å². The first-order chi connectivity index (χ1) is 9.19. The van der Waals surface area contributed by atoms with Crippen LogP contribution in [0.5, 0.6) is 0 Å². The third kappa shape index (κ3) is 2.73. The summed E-state index contributed by atoms with van der Waals surface area (Å²) in [5.41, 5.74) is 5.75. The van der Waals surface area contributed by atoms with Crippen molar-refractivity contribution in [3.8, 4) is 0 Å². The second-order valence-corrected chi connectivity index (χ2v) is 5.63. The first-order valence-corrected chi connectivity index (χ1v) is 6.84. The minimum absolute atomic E-state index is 0.132. The fraction of sp³-hybridized carbons (Fsp3) is 0.583. The summed E-state index contributed by atoms with van der Waals surface area (Å²) in [5, 5.41) is 0.236. The number of urea groups is 1. The van der Waals surface area contributed by atoms with Gasteiger partial charge in [-0.3, -0.25) is 10.9 Å². The summed E-state index contributed by atoms with van der Waals surface area (Å²) in [6.07, 6.45) is 7.84. The van der Waals surface area contributed by atoms with Crippen LogP contribution in [0.2, 0.25) is 5.15 Å². The summed E-state index contributed by atoms with van der Waals surface area (Å²) in [6.45, 7) is 1.66. The lowest BCUT2D eigenvalue weighted by Gasteiger charge is -2.32. The normalized spacial score (nSPS) is 20.2. The van der Waals surface area contributed by atoms with Crippen LogP contribution in [0.1, 0.15) is 25.7 Å². The fourth-order valence-corrected chi connectivity index (χ4v) is 2.72. The van der Waals surface area contributed by atoms with Crippen LogP contribution < -0.4 is 10.9 Å². The summed E-state index contributed by atoms with van der Waals surface area (Å²) >= 11 is 5.85. The van der Waals surface area contributed by atoms with E-state index in [0.717, 1.165) is 19.5 Å². The van der Waals surface area contributed by atoms with Gasteiger partial charge in [0.25, 0.3) is 0 Å². The van der Waals surface area contributed by atoms with E-state index in [0.29, 0.717) is 11.2 Å². The Kier molecular flexibility index (Phi) is 3.18. The van der Waals surface area contributed by atoms with Gasteiger partial charge in [0.1, 0.15) is 0 Å². The van der Waals surface area contributed by atoms with Crippen LogP contribution in [0.25, 0.3) is 0 Å². The highest BCUT2D eigenvalue weighted by Gasteiger charge is 2.46. The van der Waals surface area contributed by atoms with E-state index in [1.54, 1.807) is 0 Å². The number of hydrogen-bond acceptors (Lipinski definition) is 4. The molecule has 1 saturated heterocycles. The number of anilines is 1. The number of carbonyl (C=O) groups is 1. The Labute approximate surface area is 116 Å². The van der Waals surface area contributed by atoms with E-state index in [4.69, 9.17) is 11.6 Å². The van der Waals surface area contributed by atoms with Gasteiger partial charge in [-0.2, -0.15) is 0 Å². The number of carbonyl (C=O) groups excluding carboxylic acids is 1. The summed E-state index contributed by atoms with van der Waals surface area (Å²) in [4.78, 5) is 21.8. The van der Waals surface area contributed by atoms with Gasteiger partial charge >= 0.3 is 6.03 Å². The molecular weight excluding hydrogens is 266 g/mol. The lowest BCUT2D eigenvalue weighted by atomic mass is 9.95. The first kappa shape index (κ1) is 12.5. The molecule has 7 heteroatoms. The second-order valence-electron chi connectivity index (χ2n) is 5.28. The summed E-state index contributed by atoms with van der Waals surface area (Å²) in [7, 11) is 0. The van der Waals surface area contributed by atoms with Crippen molar-refractivity contribution in [1.82, 2.24) is 20.3 Å². The summed E-state index contributed by atoms with van der Waals surface area (Å²) in [5.74, 6) is 0.357. The molecule has 102 valence electrons. The molecule has 1 aliphatic heterocycles. The predicted molar refractivity (Wildman–Crippen MR) is 71.7 cm³/mol. The monoisotopic (exact) mass is 281 g/mol. The van der Waals surface area contributed by atoms with Crippen LogP contribution in [0, 0.1) is 5.41 Å². The molecule has 1 aromatic heterocycles. The van der Waals surface area contributed by atoms with Crippen molar-refractivity contribution in [2.24, 2.45) is 5.41 Å². The zero-order valence-electron chi connectivity index (χ0n) is 10.5. The van der Waals surface area contributed by atoms with Gasteiger partial charge in [-0.25, -0.2) is 14.8 Å². The second kappa shape index (κ2) is 4.85. The van der Waals surface area contributed by atoms with Crippen LogP contribution in [0.15, 0.2) is 12.4 Å². The molecule has 0 bridgehead atoms. The first-order valence-electron chi connectivity index (χ1n) is 6.46. The zero-order valence-corrected chi connectivity index (χ0v) is 11.3. The highest BCUT2D eigenvalue weighted by atomic mass is 35.5. The van der Waals surface area contributed by atoms with Gasteiger partial charge in [0.2, 0.25) is 0 Å². The van der Waals surface area contributed by atoms with Crippen molar-refractivity contribution in [2.75, 3.05) is 18.5 Å². The summed E-state index contributed by atoms with van der Waals surface area (Å²) < 4.78 is 0. The minimum Gasteiger partial charge on any atom is -0.323 e. The highest BCUT2D eigenvalue weighted by molar-refractivity contribution is 6.31. The van der Waals surface area contributed by atoms with Gasteiger partial charge in [0, 0.05) is 25.5 Å². The van der Waals surface area contributed by atoms with E-state index < -0.39 is 0 Å². The lowest BCUT2D eigenvalue weighted by molar-refractivity contribution is 0.160. The van der Waals surface area contributed by atoms with Gasteiger partial charge in [-0.05, 0) is 31.1 Å². The van der Waals surface area contributed by atoms with Crippen LogP contribution in [-0.4, -0.2) is 34.0 Å². The van der Waals surface area contributed by atoms with Crippen molar-refractivity contribution in [2.45, 2.75) is 25.7 Å². The largest absolute Gasteiger partial charge is 0.336 e. The van der Waals surface area contributed by atoms with Crippen LogP contribution in [0.3, 0.4) is 0 Å². The number of aromatic nitrogens is 2. The van der Waals surface area contributed by atoms with Crippen molar-refractivity contribution < 1.29 is 4.79 Å². The van der Waals surface area contributed by atoms with E-state index >= 15 is 0 Å². The smallest absolute Gasteiger partial charge is 0.323 e. The average molecular weight is 282 g/mol.